The van der Waals surface area contributed by atoms with Gasteiger partial charge in [0.1, 0.15) is 0 Å². The quantitative estimate of drug-likeness (QED) is 0.517. The second-order valence-corrected chi connectivity index (χ2v) is 3.77. The van der Waals surface area contributed by atoms with Crippen molar-refractivity contribution in [2.45, 2.75) is 31.9 Å². The summed E-state index contributed by atoms with van der Waals surface area (Å²) in [4.78, 5) is 0. The van der Waals surface area contributed by atoms with Crippen molar-refractivity contribution in [2.24, 2.45) is 11.8 Å². The lowest BCUT2D eigenvalue weighted by Crippen LogP contribution is -2.29. The minimum atomic E-state index is 0.624. The van der Waals surface area contributed by atoms with Gasteiger partial charge in [-0.2, -0.15) is 12.6 Å². The first-order valence-corrected chi connectivity index (χ1v) is 3.91. The second-order valence-electron chi connectivity index (χ2n) is 2.96. The Kier molecular flexibility index (Phi) is 1.86. The minimum Gasteiger partial charge on any atom is -0.176 e. The third-order valence-electron chi connectivity index (χ3n) is 2.31. The van der Waals surface area contributed by atoms with E-state index < -0.39 is 0 Å². The Morgan fingerprint density at radius 3 is 2.12 bits per heavy atom. The number of hydrogen-bond donors (Lipinski definition) is 1. The molecule has 0 nitrogen and oxygen atoms in total. The van der Waals surface area contributed by atoms with E-state index in [2.05, 4.69) is 26.5 Å². The van der Waals surface area contributed by atoms with Crippen LogP contribution in [-0.4, -0.2) is 5.25 Å². The summed E-state index contributed by atoms with van der Waals surface area (Å²) in [6, 6.07) is 0. The van der Waals surface area contributed by atoms with Gasteiger partial charge in [0.2, 0.25) is 0 Å². The predicted octanol–water partition coefficient (Wildman–Crippen LogP) is 2.35. The van der Waals surface area contributed by atoms with Gasteiger partial charge < -0.3 is 0 Å². The molecule has 0 aromatic heterocycles. The van der Waals surface area contributed by atoms with Gasteiger partial charge in [-0.25, -0.2) is 0 Å². The van der Waals surface area contributed by atoms with Gasteiger partial charge in [0.15, 0.2) is 0 Å². The summed E-state index contributed by atoms with van der Waals surface area (Å²) in [5.41, 5.74) is 0. The van der Waals surface area contributed by atoms with Gasteiger partial charge in [-0.1, -0.05) is 20.3 Å². The fraction of sp³-hybridized carbons (Fsp3) is 1.00. The van der Waals surface area contributed by atoms with E-state index in [-0.39, 0.29) is 0 Å². The van der Waals surface area contributed by atoms with E-state index in [9.17, 15) is 0 Å². The molecule has 0 heterocycles. The molecular weight excluding hydrogens is 116 g/mol. The molecule has 0 radical (unpaired) electrons. The molecule has 3 unspecified atom stereocenters. The summed E-state index contributed by atoms with van der Waals surface area (Å²) in [6.07, 6.45) is 2.83. The van der Waals surface area contributed by atoms with Crippen LogP contribution in [0.25, 0.3) is 0 Å². The Bertz CT molecular complexity index is 73.7. The van der Waals surface area contributed by atoms with Crippen molar-refractivity contribution >= 4 is 12.6 Å². The lowest BCUT2D eigenvalue weighted by Gasteiger charge is -2.36. The van der Waals surface area contributed by atoms with Crippen molar-refractivity contribution in [2.75, 3.05) is 0 Å². The van der Waals surface area contributed by atoms with Crippen LogP contribution in [0.1, 0.15) is 26.7 Å². The molecule has 0 aromatic carbocycles. The van der Waals surface area contributed by atoms with Crippen molar-refractivity contribution < 1.29 is 0 Å². The third-order valence-corrected chi connectivity index (χ3v) is 2.69. The van der Waals surface area contributed by atoms with Crippen molar-refractivity contribution in [1.82, 2.24) is 0 Å². The van der Waals surface area contributed by atoms with Crippen LogP contribution in [0.15, 0.2) is 0 Å². The summed E-state index contributed by atoms with van der Waals surface area (Å²) in [5, 5.41) is 0.624. The van der Waals surface area contributed by atoms with Crippen LogP contribution in [0, 0.1) is 11.8 Å². The Balaban J connectivity index is 2.26. The maximum atomic E-state index is 4.38. The summed E-state index contributed by atoms with van der Waals surface area (Å²) >= 11 is 4.38. The van der Waals surface area contributed by atoms with Gasteiger partial charge in [0.05, 0.1) is 0 Å². The molecule has 0 aliphatic heterocycles. The fourth-order valence-corrected chi connectivity index (χ4v) is 1.85. The molecule has 48 valence electrons. The number of rotatable bonds is 1. The van der Waals surface area contributed by atoms with Crippen LogP contribution in [0.2, 0.25) is 0 Å². The van der Waals surface area contributed by atoms with Gasteiger partial charge in [0.25, 0.3) is 0 Å². The summed E-state index contributed by atoms with van der Waals surface area (Å²) < 4.78 is 0. The molecule has 1 fully saturated rings. The van der Waals surface area contributed by atoms with Crippen molar-refractivity contribution in [3.8, 4) is 0 Å². The maximum absolute atomic E-state index is 4.38. The molecule has 8 heavy (non-hydrogen) atoms. The summed E-state index contributed by atoms with van der Waals surface area (Å²) in [6.45, 7) is 4.52. The monoisotopic (exact) mass is 130 g/mol. The molecular formula is C7H14S. The molecule has 0 amide bonds. The largest absolute Gasteiger partial charge is 0.176 e. The first kappa shape index (κ1) is 6.47. The molecule has 1 aliphatic carbocycles. The van der Waals surface area contributed by atoms with E-state index in [1.54, 1.807) is 0 Å². The minimum absolute atomic E-state index is 0.624. The van der Waals surface area contributed by atoms with Crippen LogP contribution in [0.3, 0.4) is 0 Å². The zero-order chi connectivity index (χ0) is 6.15. The average Bonchev–Trinajstić information content (AvgIpc) is 1.61. The second kappa shape index (κ2) is 2.30. The van der Waals surface area contributed by atoms with Gasteiger partial charge in [-0.15, -0.1) is 0 Å². The molecule has 0 bridgehead atoms. The molecule has 1 rings (SSSR count). The predicted molar refractivity (Wildman–Crippen MR) is 40.3 cm³/mol. The van der Waals surface area contributed by atoms with E-state index in [1.807, 2.05) is 0 Å². The molecule has 1 heteroatoms. The molecule has 3 atom stereocenters. The molecule has 0 aromatic rings. The SMILES string of the molecule is CC(S)C1CCC1C. The first-order chi connectivity index (χ1) is 3.72. The van der Waals surface area contributed by atoms with Gasteiger partial charge in [-0.3, -0.25) is 0 Å². The zero-order valence-electron chi connectivity index (χ0n) is 5.59. The van der Waals surface area contributed by atoms with Gasteiger partial charge in [0, 0.05) is 5.25 Å². The van der Waals surface area contributed by atoms with Crippen LogP contribution in [0.5, 0.6) is 0 Å². The smallest absolute Gasteiger partial charge is 0.00192 e. The normalized spacial score (nSPS) is 40.9. The molecule has 1 aliphatic rings. The highest BCUT2D eigenvalue weighted by atomic mass is 32.1. The fourth-order valence-electron chi connectivity index (χ4n) is 1.41. The lowest BCUT2D eigenvalue weighted by molar-refractivity contribution is 0.197. The van der Waals surface area contributed by atoms with Crippen LogP contribution < -0.4 is 0 Å². The van der Waals surface area contributed by atoms with Crippen molar-refractivity contribution in [3.05, 3.63) is 0 Å². The molecule has 0 saturated heterocycles. The Morgan fingerprint density at radius 1 is 1.50 bits per heavy atom. The van der Waals surface area contributed by atoms with E-state index in [1.165, 1.54) is 12.8 Å². The highest BCUT2D eigenvalue weighted by Crippen LogP contribution is 2.37. The maximum Gasteiger partial charge on any atom is 0.00192 e. The Morgan fingerprint density at radius 2 is 2.12 bits per heavy atom. The van der Waals surface area contributed by atoms with E-state index >= 15 is 0 Å². The van der Waals surface area contributed by atoms with Crippen molar-refractivity contribution in [3.63, 3.8) is 0 Å². The van der Waals surface area contributed by atoms with Crippen molar-refractivity contribution in [1.29, 1.82) is 0 Å². The van der Waals surface area contributed by atoms with E-state index in [0.29, 0.717) is 5.25 Å². The number of hydrogen-bond acceptors (Lipinski definition) is 1. The van der Waals surface area contributed by atoms with Crippen LogP contribution in [0.4, 0.5) is 0 Å². The molecule has 0 spiro atoms. The number of thiol groups is 1. The van der Waals surface area contributed by atoms with Crippen LogP contribution >= 0.6 is 12.6 Å². The molecule has 1 saturated carbocycles. The summed E-state index contributed by atoms with van der Waals surface area (Å²) in [5.74, 6) is 1.86. The third kappa shape index (κ3) is 1.02. The topological polar surface area (TPSA) is 0 Å². The zero-order valence-corrected chi connectivity index (χ0v) is 6.49. The standard InChI is InChI=1S/C7H14S/c1-5-3-4-7(5)6(2)8/h5-8H,3-4H2,1-2H3. The average molecular weight is 130 g/mol. The Labute approximate surface area is 57.1 Å². The van der Waals surface area contributed by atoms with Gasteiger partial charge in [-0.05, 0) is 18.3 Å². The van der Waals surface area contributed by atoms with E-state index in [0.717, 1.165) is 11.8 Å². The highest BCUT2D eigenvalue weighted by molar-refractivity contribution is 7.80. The Hall–Kier alpha value is 0.350. The molecule has 0 N–H and O–H groups in total. The first-order valence-electron chi connectivity index (χ1n) is 3.40. The highest BCUT2D eigenvalue weighted by Gasteiger charge is 2.29. The van der Waals surface area contributed by atoms with E-state index in [4.69, 9.17) is 0 Å². The van der Waals surface area contributed by atoms with Crippen LogP contribution in [-0.2, 0) is 0 Å². The summed E-state index contributed by atoms with van der Waals surface area (Å²) in [7, 11) is 0. The lowest BCUT2D eigenvalue weighted by atomic mass is 9.73. The van der Waals surface area contributed by atoms with Gasteiger partial charge >= 0.3 is 0 Å².